The summed E-state index contributed by atoms with van der Waals surface area (Å²) in [7, 11) is 1.94. The van der Waals surface area contributed by atoms with Crippen molar-refractivity contribution in [1.82, 2.24) is 14.7 Å². The van der Waals surface area contributed by atoms with Crippen LogP contribution in [0, 0.1) is 0 Å². The Morgan fingerprint density at radius 1 is 1.14 bits per heavy atom. The highest BCUT2D eigenvalue weighted by atomic mass is 16.3. The van der Waals surface area contributed by atoms with Gasteiger partial charge in [-0.2, -0.15) is 5.10 Å². The number of benzene rings is 1. The Morgan fingerprint density at radius 2 is 1.95 bits per heavy atom. The first-order valence-corrected chi connectivity index (χ1v) is 7.64. The first kappa shape index (κ1) is 14.3. The van der Waals surface area contributed by atoms with Gasteiger partial charge in [-0.1, -0.05) is 30.3 Å². The maximum atomic E-state index is 11.0. The molecule has 1 fully saturated rings. The zero-order chi connectivity index (χ0) is 14.7. The van der Waals surface area contributed by atoms with E-state index < -0.39 is 5.60 Å². The van der Waals surface area contributed by atoms with Gasteiger partial charge in [0.1, 0.15) is 0 Å². The first-order chi connectivity index (χ1) is 10.2. The predicted octanol–water partition coefficient (Wildman–Crippen LogP) is 2.29. The molecule has 1 atom stereocenters. The Labute approximate surface area is 126 Å². The van der Waals surface area contributed by atoms with Gasteiger partial charge in [0.25, 0.3) is 0 Å². The summed E-state index contributed by atoms with van der Waals surface area (Å²) in [5.74, 6) is 0. The van der Waals surface area contributed by atoms with E-state index in [-0.39, 0.29) is 0 Å². The minimum Gasteiger partial charge on any atom is -0.385 e. The molecule has 0 saturated carbocycles. The fraction of sp³-hybridized carbons (Fsp3) is 0.471. The monoisotopic (exact) mass is 285 g/mol. The van der Waals surface area contributed by atoms with Crippen molar-refractivity contribution in [3.05, 3.63) is 53.9 Å². The minimum absolute atomic E-state index is 0.680. The van der Waals surface area contributed by atoms with Gasteiger partial charge < -0.3 is 5.11 Å². The topological polar surface area (TPSA) is 41.3 Å². The van der Waals surface area contributed by atoms with E-state index >= 15 is 0 Å². The number of hydrogen-bond donors (Lipinski definition) is 1. The third-order valence-electron chi connectivity index (χ3n) is 4.37. The van der Waals surface area contributed by atoms with Crippen LogP contribution in [-0.4, -0.2) is 32.9 Å². The molecule has 1 aliphatic heterocycles. The summed E-state index contributed by atoms with van der Waals surface area (Å²) in [4.78, 5) is 2.39. The van der Waals surface area contributed by atoms with Gasteiger partial charge in [0.05, 0.1) is 11.3 Å². The van der Waals surface area contributed by atoms with Crippen LogP contribution in [0.1, 0.15) is 30.5 Å². The molecule has 1 aromatic heterocycles. The van der Waals surface area contributed by atoms with Gasteiger partial charge >= 0.3 is 0 Å². The van der Waals surface area contributed by atoms with Crippen LogP contribution in [0.4, 0.5) is 0 Å². The molecule has 1 N–H and O–H groups in total. The summed E-state index contributed by atoms with van der Waals surface area (Å²) in [6, 6.07) is 12.1. The van der Waals surface area contributed by atoms with E-state index in [9.17, 15) is 5.11 Å². The zero-order valence-electron chi connectivity index (χ0n) is 12.6. The van der Waals surface area contributed by atoms with E-state index in [1.54, 1.807) is 0 Å². The molecule has 0 bridgehead atoms. The zero-order valence-corrected chi connectivity index (χ0v) is 12.6. The van der Waals surface area contributed by atoms with Crippen LogP contribution < -0.4 is 0 Å². The second-order valence-electron chi connectivity index (χ2n) is 6.01. The lowest BCUT2D eigenvalue weighted by Crippen LogP contribution is -2.29. The molecule has 0 amide bonds. The average molecular weight is 285 g/mol. The Morgan fingerprint density at radius 3 is 2.67 bits per heavy atom. The fourth-order valence-electron chi connectivity index (χ4n) is 3.15. The third-order valence-corrected chi connectivity index (χ3v) is 4.37. The van der Waals surface area contributed by atoms with Crippen molar-refractivity contribution >= 4 is 0 Å². The highest BCUT2D eigenvalue weighted by Crippen LogP contribution is 2.32. The van der Waals surface area contributed by atoms with E-state index in [1.165, 1.54) is 0 Å². The lowest BCUT2D eigenvalue weighted by molar-refractivity contribution is 0.0210. The highest BCUT2D eigenvalue weighted by Gasteiger charge is 2.31. The van der Waals surface area contributed by atoms with Crippen molar-refractivity contribution in [2.45, 2.75) is 31.4 Å². The van der Waals surface area contributed by atoms with Crippen LogP contribution in [0.5, 0.6) is 0 Å². The molecular formula is C17H23N3O. The maximum absolute atomic E-state index is 11.0. The summed E-state index contributed by atoms with van der Waals surface area (Å²) < 4.78 is 1.84. The quantitative estimate of drug-likeness (QED) is 0.941. The molecule has 4 heteroatoms. The predicted molar refractivity (Wildman–Crippen MR) is 82.7 cm³/mol. The summed E-state index contributed by atoms with van der Waals surface area (Å²) in [6.07, 6.45) is 4.60. The fourth-order valence-corrected chi connectivity index (χ4v) is 3.15. The molecule has 2 heterocycles. The standard InChI is InChI=1S/C17H23N3O/c1-19-12-8-16(18-19)14-20-11-5-9-17(21,10-13-20)15-6-3-2-4-7-15/h2-4,6-8,12,21H,5,9-11,13-14H2,1H3. The van der Waals surface area contributed by atoms with Crippen LogP contribution >= 0.6 is 0 Å². The number of hydrogen-bond acceptors (Lipinski definition) is 3. The molecule has 1 aromatic carbocycles. The highest BCUT2D eigenvalue weighted by molar-refractivity contribution is 5.22. The van der Waals surface area contributed by atoms with Gasteiger partial charge in [-0.05, 0) is 37.4 Å². The molecule has 0 spiro atoms. The SMILES string of the molecule is Cn1ccc(CN2CCCC(O)(c3ccccc3)CC2)n1. The number of aryl methyl sites for hydroxylation is 1. The molecule has 0 radical (unpaired) electrons. The molecule has 3 rings (SSSR count). The van der Waals surface area contributed by atoms with Crippen LogP contribution in [0.25, 0.3) is 0 Å². The number of nitrogens with zero attached hydrogens (tertiary/aromatic N) is 3. The maximum Gasteiger partial charge on any atom is 0.0909 e. The molecule has 2 aromatic rings. The molecule has 0 aliphatic carbocycles. The Hall–Kier alpha value is -1.65. The van der Waals surface area contributed by atoms with E-state index in [1.807, 2.05) is 48.3 Å². The van der Waals surface area contributed by atoms with Crippen molar-refractivity contribution in [2.75, 3.05) is 13.1 Å². The Kier molecular flexibility index (Phi) is 4.08. The van der Waals surface area contributed by atoms with Gasteiger partial charge in [-0.15, -0.1) is 0 Å². The molecule has 4 nitrogen and oxygen atoms in total. The summed E-state index contributed by atoms with van der Waals surface area (Å²) >= 11 is 0. The van der Waals surface area contributed by atoms with Crippen molar-refractivity contribution in [3.8, 4) is 0 Å². The second kappa shape index (κ2) is 6.00. The van der Waals surface area contributed by atoms with Gasteiger partial charge in [0.15, 0.2) is 0 Å². The first-order valence-electron chi connectivity index (χ1n) is 7.64. The van der Waals surface area contributed by atoms with Crippen molar-refractivity contribution < 1.29 is 5.11 Å². The Bertz CT molecular complexity index is 581. The van der Waals surface area contributed by atoms with Crippen LogP contribution in [0.2, 0.25) is 0 Å². The number of rotatable bonds is 3. The normalized spacial score (nSPS) is 23.9. The van der Waals surface area contributed by atoms with E-state index in [4.69, 9.17) is 0 Å². The third kappa shape index (κ3) is 3.34. The van der Waals surface area contributed by atoms with Crippen molar-refractivity contribution in [2.24, 2.45) is 7.05 Å². The smallest absolute Gasteiger partial charge is 0.0909 e. The molecule has 21 heavy (non-hydrogen) atoms. The van der Waals surface area contributed by atoms with Gasteiger partial charge in [0, 0.05) is 26.3 Å². The van der Waals surface area contributed by atoms with Gasteiger partial charge in [0.2, 0.25) is 0 Å². The molecule has 1 unspecified atom stereocenters. The average Bonchev–Trinajstić information content (AvgIpc) is 2.80. The summed E-state index contributed by atoms with van der Waals surface area (Å²) in [5.41, 5.74) is 1.47. The Balaban J connectivity index is 1.66. The number of aliphatic hydroxyl groups is 1. The molecule has 112 valence electrons. The molecular weight excluding hydrogens is 262 g/mol. The largest absolute Gasteiger partial charge is 0.385 e. The van der Waals surface area contributed by atoms with E-state index in [0.717, 1.165) is 50.2 Å². The molecule has 1 aliphatic rings. The number of likely N-dealkylation sites (tertiary alicyclic amines) is 1. The van der Waals surface area contributed by atoms with Crippen molar-refractivity contribution in [3.63, 3.8) is 0 Å². The van der Waals surface area contributed by atoms with E-state index in [2.05, 4.69) is 16.1 Å². The van der Waals surface area contributed by atoms with Gasteiger partial charge in [-0.3, -0.25) is 9.58 Å². The lowest BCUT2D eigenvalue weighted by Gasteiger charge is -2.27. The van der Waals surface area contributed by atoms with Crippen LogP contribution in [0.3, 0.4) is 0 Å². The minimum atomic E-state index is -0.680. The van der Waals surface area contributed by atoms with Crippen LogP contribution in [0.15, 0.2) is 42.6 Å². The van der Waals surface area contributed by atoms with Gasteiger partial charge in [-0.25, -0.2) is 0 Å². The lowest BCUT2D eigenvalue weighted by atomic mass is 9.87. The summed E-state index contributed by atoms with van der Waals surface area (Å²) in [5, 5.41) is 15.4. The summed E-state index contributed by atoms with van der Waals surface area (Å²) in [6.45, 7) is 2.79. The molecule has 1 saturated heterocycles. The number of aromatic nitrogens is 2. The van der Waals surface area contributed by atoms with E-state index in [0.29, 0.717) is 0 Å². The second-order valence-corrected chi connectivity index (χ2v) is 6.01. The van der Waals surface area contributed by atoms with Crippen molar-refractivity contribution in [1.29, 1.82) is 0 Å². The van der Waals surface area contributed by atoms with Crippen LogP contribution in [-0.2, 0) is 19.2 Å².